The van der Waals surface area contributed by atoms with Crippen molar-refractivity contribution in [3.05, 3.63) is 58.6 Å². The molecule has 2 aromatic rings. The van der Waals surface area contributed by atoms with Crippen LogP contribution in [0, 0.1) is 5.92 Å². The standard InChI is InChI=1S/C22H22BrNO5/c1-2-11-28-19-9-7-18(8-10-19)24-13-16(12-21(24)26)22(27)29-14-20(25)15-3-5-17(23)6-4-15/h3-10,16H,2,11-14H2,1H3/t16-/m0/s1. The van der Waals surface area contributed by atoms with Crippen molar-refractivity contribution in [2.24, 2.45) is 5.92 Å². The summed E-state index contributed by atoms with van der Waals surface area (Å²) in [5, 5.41) is 0. The van der Waals surface area contributed by atoms with Gasteiger partial charge < -0.3 is 14.4 Å². The molecule has 0 radical (unpaired) electrons. The Labute approximate surface area is 177 Å². The van der Waals surface area contributed by atoms with E-state index in [9.17, 15) is 14.4 Å². The first-order valence-electron chi connectivity index (χ1n) is 9.46. The number of rotatable bonds is 8. The Balaban J connectivity index is 1.54. The number of hydrogen-bond acceptors (Lipinski definition) is 5. The Hall–Kier alpha value is -2.67. The maximum atomic E-state index is 12.4. The molecule has 1 aliphatic rings. The van der Waals surface area contributed by atoms with Crippen LogP contribution >= 0.6 is 15.9 Å². The van der Waals surface area contributed by atoms with Crippen LogP contribution in [0.25, 0.3) is 0 Å². The minimum Gasteiger partial charge on any atom is -0.494 e. The van der Waals surface area contributed by atoms with E-state index in [1.807, 2.05) is 6.92 Å². The highest BCUT2D eigenvalue weighted by Crippen LogP contribution is 2.27. The van der Waals surface area contributed by atoms with E-state index in [-0.39, 0.29) is 31.3 Å². The average Bonchev–Trinajstić information content (AvgIpc) is 3.13. The summed E-state index contributed by atoms with van der Waals surface area (Å²) in [5.41, 5.74) is 1.18. The van der Waals surface area contributed by atoms with Gasteiger partial charge in [0.05, 0.1) is 12.5 Å². The molecule has 1 amide bonds. The number of Topliss-reactive ketones (excluding diaryl/α,β-unsaturated/α-hetero) is 1. The van der Waals surface area contributed by atoms with Crippen LogP contribution in [0.1, 0.15) is 30.1 Å². The number of hydrogen-bond donors (Lipinski definition) is 0. The second-order valence-electron chi connectivity index (χ2n) is 6.79. The zero-order valence-corrected chi connectivity index (χ0v) is 17.7. The molecular weight excluding hydrogens is 438 g/mol. The van der Waals surface area contributed by atoms with Gasteiger partial charge in [-0.15, -0.1) is 0 Å². The molecule has 7 heteroatoms. The van der Waals surface area contributed by atoms with E-state index >= 15 is 0 Å². The quantitative estimate of drug-likeness (QED) is 0.440. The summed E-state index contributed by atoms with van der Waals surface area (Å²) < 4.78 is 11.6. The molecule has 29 heavy (non-hydrogen) atoms. The summed E-state index contributed by atoms with van der Waals surface area (Å²) in [6.07, 6.45) is 0.986. The number of carbonyl (C=O) groups is 3. The molecule has 0 bridgehead atoms. The second-order valence-corrected chi connectivity index (χ2v) is 7.70. The van der Waals surface area contributed by atoms with E-state index in [0.29, 0.717) is 17.9 Å². The highest BCUT2D eigenvalue weighted by atomic mass is 79.9. The summed E-state index contributed by atoms with van der Waals surface area (Å²) in [5.74, 6) is -0.807. The van der Waals surface area contributed by atoms with Gasteiger partial charge in [0.1, 0.15) is 5.75 Å². The van der Waals surface area contributed by atoms with Crippen LogP contribution in [-0.4, -0.2) is 37.4 Å². The fraction of sp³-hybridized carbons (Fsp3) is 0.318. The first kappa shape index (κ1) is 21.0. The molecule has 0 aliphatic carbocycles. The van der Waals surface area contributed by atoms with Gasteiger partial charge in [0.15, 0.2) is 12.4 Å². The molecule has 3 rings (SSSR count). The van der Waals surface area contributed by atoms with Crippen molar-refractivity contribution >= 4 is 39.3 Å². The number of nitrogens with zero attached hydrogens (tertiary/aromatic N) is 1. The lowest BCUT2D eigenvalue weighted by Gasteiger charge is -2.17. The third kappa shape index (κ3) is 5.44. The van der Waals surface area contributed by atoms with Crippen molar-refractivity contribution < 1.29 is 23.9 Å². The summed E-state index contributed by atoms with van der Waals surface area (Å²) in [6, 6.07) is 14.0. The van der Waals surface area contributed by atoms with Crippen molar-refractivity contribution in [2.75, 3.05) is 24.7 Å². The lowest BCUT2D eigenvalue weighted by atomic mass is 10.1. The molecule has 2 aromatic carbocycles. The number of halogens is 1. The van der Waals surface area contributed by atoms with E-state index in [1.165, 1.54) is 0 Å². The fourth-order valence-corrected chi connectivity index (χ4v) is 3.30. The van der Waals surface area contributed by atoms with Crippen LogP contribution in [0.15, 0.2) is 53.0 Å². The van der Waals surface area contributed by atoms with E-state index in [0.717, 1.165) is 16.6 Å². The molecule has 1 atom stereocenters. The molecular formula is C22H22BrNO5. The van der Waals surface area contributed by atoms with Crippen molar-refractivity contribution in [1.82, 2.24) is 0 Å². The van der Waals surface area contributed by atoms with E-state index in [2.05, 4.69) is 15.9 Å². The van der Waals surface area contributed by atoms with Crippen LogP contribution in [0.4, 0.5) is 5.69 Å². The molecule has 1 saturated heterocycles. The topological polar surface area (TPSA) is 72.9 Å². The number of anilines is 1. The van der Waals surface area contributed by atoms with E-state index < -0.39 is 11.9 Å². The first-order chi connectivity index (χ1) is 14.0. The normalized spacial score (nSPS) is 16.0. The summed E-state index contributed by atoms with van der Waals surface area (Å²) in [6.45, 7) is 2.56. The Morgan fingerprint density at radius 3 is 2.45 bits per heavy atom. The van der Waals surface area contributed by atoms with Crippen molar-refractivity contribution in [1.29, 1.82) is 0 Å². The third-order valence-electron chi connectivity index (χ3n) is 4.59. The largest absolute Gasteiger partial charge is 0.494 e. The highest BCUT2D eigenvalue weighted by Gasteiger charge is 2.36. The van der Waals surface area contributed by atoms with Crippen molar-refractivity contribution in [2.45, 2.75) is 19.8 Å². The van der Waals surface area contributed by atoms with Crippen molar-refractivity contribution in [3.8, 4) is 5.75 Å². The molecule has 1 fully saturated rings. The van der Waals surface area contributed by atoms with Gasteiger partial charge in [0.2, 0.25) is 5.91 Å². The number of ether oxygens (including phenoxy) is 2. The number of amides is 1. The predicted molar refractivity (Wildman–Crippen MR) is 112 cm³/mol. The van der Waals surface area contributed by atoms with Gasteiger partial charge in [0.25, 0.3) is 0 Å². The van der Waals surface area contributed by atoms with Crippen LogP contribution < -0.4 is 9.64 Å². The zero-order chi connectivity index (χ0) is 20.8. The monoisotopic (exact) mass is 459 g/mol. The number of carbonyl (C=O) groups excluding carboxylic acids is 3. The lowest BCUT2D eigenvalue weighted by Crippen LogP contribution is -2.27. The Morgan fingerprint density at radius 2 is 1.79 bits per heavy atom. The summed E-state index contributed by atoms with van der Waals surface area (Å²) >= 11 is 3.31. The van der Waals surface area contributed by atoms with Gasteiger partial charge in [-0.3, -0.25) is 14.4 Å². The molecule has 0 aromatic heterocycles. The highest BCUT2D eigenvalue weighted by molar-refractivity contribution is 9.10. The van der Waals surface area contributed by atoms with Crippen LogP contribution in [0.3, 0.4) is 0 Å². The van der Waals surface area contributed by atoms with Gasteiger partial charge >= 0.3 is 5.97 Å². The van der Waals surface area contributed by atoms with E-state index in [4.69, 9.17) is 9.47 Å². The SMILES string of the molecule is CCCOc1ccc(N2C[C@@H](C(=O)OCC(=O)c3ccc(Br)cc3)CC2=O)cc1. The predicted octanol–water partition coefficient (Wildman–Crippen LogP) is 4.02. The maximum absolute atomic E-state index is 12.4. The lowest BCUT2D eigenvalue weighted by molar-refractivity contribution is -0.147. The molecule has 152 valence electrons. The van der Waals surface area contributed by atoms with Crippen LogP contribution in [0.5, 0.6) is 5.75 Å². The van der Waals surface area contributed by atoms with Crippen LogP contribution in [-0.2, 0) is 14.3 Å². The molecule has 1 aliphatic heterocycles. The molecule has 0 N–H and O–H groups in total. The fourth-order valence-electron chi connectivity index (χ4n) is 3.03. The Kier molecular flexibility index (Phi) is 7.04. The molecule has 6 nitrogen and oxygen atoms in total. The van der Waals surface area contributed by atoms with Gasteiger partial charge in [-0.1, -0.05) is 35.0 Å². The van der Waals surface area contributed by atoms with Gasteiger partial charge in [0, 0.05) is 28.7 Å². The zero-order valence-electron chi connectivity index (χ0n) is 16.1. The molecule has 0 spiro atoms. The minimum absolute atomic E-state index is 0.0688. The van der Waals surface area contributed by atoms with Crippen molar-refractivity contribution in [3.63, 3.8) is 0 Å². The number of ketones is 1. The molecule has 0 unspecified atom stereocenters. The Morgan fingerprint density at radius 1 is 1.10 bits per heavy atom. The average molecular weight is 460 g/mol. The number of benzene rings is 2. The smallest absolute Gasteiger partial charge is 0.311 e. The summed E-state index contributed by atoms with van der Waals surface area (Å²) in [7, 11) is 0. The van der Waals surface area contributed by atoms with E-state index in [1.54, 1.807) is 53.4 Å². The molecule has 0 saturated carbocycles. The second kappa shape index (κ2) is 9.69. The number of esters is 1. The van der Waals surface area contributed by atoms with Gasteiger partial charge in [-0.2, -0.15) is 0 Å². The van der Waals surface area contributed by atoms with Gasteiger partial charge in [-0.25, -0.2) is 0 Å². The summed E-state index contributed by atoms with van der Waals surface area (Å²) in [4.78, 5) is 38.4. The molecule has 1 heterocycles. The van der Waals surface area contributed by atoms with Gasteiger partial charge in [-0.05, 0) is 42.8 Å². The van der Waals surface area contributed by atoms with Crippen LogP contribution in [0.2, 0.25) is 0 Å². The maximum Gasteiger partial charge on any atom is 0.311 e. The third-order valence-corrected chi connectivity index (χ3v) is 5.12. The first-order valence-corrected chi connectivity index (χ1v) is 10.3. The minimum atomic E-state index is -0.587. The Bertz CT molecular complexity index is 879.